The maximum absolute atomic E-state index is 12.4. The molecule has 5 N–H and O–H groups in total. The number of hydrogen-bond donors (Lipinski definition) is 4. The molecule has 0 aliphatic heterocycles. The molecule has 0 saturated carbocycles. The second-order valence-electron chi connectivity index (χ2n) is 7.78. The predicted molar refractivity (Wildman–Crippen MR) is 132 cm³/mol. The minimum Gasteiger partial charge on any atom is -0.431 e. The number of nitrogens with two attached hydrogens (primary N) is 1. The molecule has 1 heterocycles. The topological polar surface area (TPSA) is 134 Å². The zero-order valence-corrected chi connectivity index (χ0v) is 19.3. The molecule has 2 amide bonds. The van der Waals surface area contributed by atoms with Gasteiger partial charge < -0.3 is 20.8 Å². The zero-order valence-electron chi connectivity index (χ0n) is 19.3. The van der Waals surface area contributed by atoms with Crippen molar-refractivity contribution in [2.24, 2.45) is 5.73 Å². The van der Waals surface area contributed by atoms with E-state index in [-0.39, 0.29) is 35.0 Å². The number of carbonyl (C=O) groups excluding carboxylic acids is 2. The molecule has 0 atom stereocenters. The van der Waals surface area contributed by atoms with E-state index in [9.17, 15) is 9.59 Å². The molecule has 0 radical (unpaired) electrons. The van der Waals surface area contributed by atoms with Gasteiger partial charge in [-0.1, -0.05) is 56.3 Å². The quantitative estimate of drug-likeness (QED) is 0.341. The first-order valence-electron chi connectivity index (χ1n) is 11.2. The Morgan fingerprint density at radius 1 is 1.12 bits per heavy atom. The molecule has 0 saturated heterocycles. The summed E-state index contributed by atoms with van der Waals surface area (Å²) < 4.78 is 5.66. The maximum atomic E-state index is 12.4. The molecule has 3 rings (SSSR count). The van der Waals surface area contributed by atoms with Gasteiger partial charge in [-0.15, -0.1) is 0 Å². The molecule has 0 bridgehead atoms. The molecule has 0 spiro atoms. The smallest absolute Gasteiger partial charge is 0.288 e. The molecule has 1 aromatic heterocycles. The summed E-state index contributed by atoms with van der Waals surface area (Å²) in [6.07, 6.45) is 4.36. The van der Waals surface area contributed by atoms with E-state index in [0.717, 1.165) is 18.4 Å². The van der Waals surface area contributed by atoms with Crippen LogP contribution in [0.5, 0.6) is 0 Å². The Hall–Kier alpha value is -4.20. The molecule has 176 valence electrons. The Morgan fingerprint density at radius 2 is 1.85 bits per heavy atom. The van der Waals surface area contributed by atoms with Crippen LogP contribution in [0.3, 0.4) is 0 Å². The second-order valence-corrected chi connectivity index (χ2v) is 7.78. The summed E-state index contributed by atoms with van der Waals surface area (Å²) in [7, 11) is 0. The Balaban J connectivity index is 1.68. The molecule has 0 aliphatic carbocycles. The van der Waals surface area contributed by atoms with Crippen molar-refractivity contribution in [2.45, 2.75) is 39.3 Å². The van der Waals surface area contributed by atoms with Gasteiger partial charge in [-0.25, -0.2) is 4.98 Å². The highest BCUT2D eigenvalue weighted by atomic mass is 16.4. The van der Waals surface area contributed by atoms with Gasteiger partial charge in [0, 0.05) is 23.8 Å². The Kier molecular flexibility index (Phi) is 8.34. The fourth-order valence-corrected chi connectivity index (χ4v) is 3.27. The van der Waals surface area contributed by atoms with Gasteiger partial charge in [0.25, 0.3) is 11.8 Å². The van der Waals surface area contributed by atoms with Crippen molar-refractivity contribution in [2.75, 3.05) is 0 Å². The highest BCUT2D eigenvalue weighted by molar-refractivity contribution is 6.43. The molecule has 0 aliphatic rings. The van der Waals surface area contributed by atoms with Gasteiger partial charge in [0.2, 0.25) is 11.7 Å². The molecule has 34 heavy (non-hydrogen) atoms. The molecule has 8 nitrogen and oxygen atoms in total. The Bertz CT molecular complexity index is 1180. The maximum Gasteiger partial charge on any atom is 0.288 e. The van der Waals surface area contributed by atoms with E-state index in [0.29, 0.717) is 17.7 Å². The number of benzene rings is 2. The SMILES string of the molecule is CCC(CC)NC(=O)c1cnc(-c2cccc(/C(N)=C/C(=N)C(=O)NCc3ccccc3)c2)o1. The van der Waals surface area contributed by atoms with Crippen molar-refractivity contribution in [1.29, 1.82) is 5.41 Å². The van der Waals surface area contributed by atoms with E-state index in [4.69, 9.17) is 15.6 Å². The van der Waals surface area contributed by atoms with Crippen molar-refractivity contribution in [3.63, 3.8) is 0 Å². The van der Waals surface area contributed by atoms with E-state index < -0.39 is 5.91 Å². The summed E-state index contributed by atoms with van der Waals surface area (Å²) >= 11 is 0. The number of amides is 2. The number of rotatable bonds is 10. The van der Waals surface area contributed by atoms with E-state index >= 15 is 0 Å². The van der Waals surface area contributed by atoms with Crippen molar-refractivity contribution in [1.82, 2.24) is 15.6 Å². The largest absolute Gasteiger partial charge is 0.431 e. The average Bonchev–Trinajstić information content (AvgIpc) is 3.37. The van der Waals surface area contributed by atoms with Crippen LogP contribution >= 0.6 is 0 Å². The van der Waals surface area contributed by atoms with Crippen molar-refractivity contribution >= 4 is 23.2 Å². The molecule has 8 heteroatoms. The highest BCUT2D eigenvalue weighted by Crippen LogP contribution is 2.22. The molecular weight excluding hydrogens is 430 g/mol. The first-order chi connectivity index (χ1) is 16.4. The number of hydrogen-bond acceptors (Lipinski definition) is 6. The standard InChI is InChI=1S/C26H29N5O3/c1-3-20(4-2)31-25(33)23-16-30-26(34-23)19-12-8-11-18(13-19)21(27)14-22(28)24(32)29-15-17-9-6-5-7-10-17/h5-14,16,20,28H,3-4,15,27H2,1-2H3,(H,29,32)(H,31,33)/b21-14-,28-22?. The highest BCUT2D eigenvalue weighted by Gasteiger charge is 2.17. The average molecular weight is 460 g/mol. The zero-order chi connectivity index (χ0) is 24.5. The fourth-order valence-electron chi connectivity index (χ4n) is 3.27. The van der Waals surface area contributed by atoms with Crippen LogP contribution in [-0.4, -0.2) is 28.6 Å². The van der Waals surface area contributed by atoms with Crippen LogP contribution in [0.2, 0.25) is 0 Å². The Labute approximate surface area is 198 Å². The van der Waals surface area contributed by atoms with Crippen molar-refractivity contribution in [3.8, 4) is 11.5 Å². The van der Waals surface area contributed by atoms with Crippen LogP contribution in [-0.2, 0) is 11.3 Å². The molecular formula is C26H29N5O3. The molecule has 2 aromatic carbocycles. The van der Waals surface area contributed by atoms with Gasteiger partial charge in [-0.3, -0.25) is 15.0 Å². The summed E-state index contributed by atoms with van der Waals surface area (Å²) in [5.41, 5.74) is 8.30. The van der Waals surface area contributed by atoms with Crippen LogP contribution in [0.1, 0.15) is 48.4 Å². The lowest BCUT2D eigenvalue weighted by Gasteiger charge is -2.12. The second kappa shape index (κ2) is 11.6. The summed E-state index contributed by atoms with van der Waals surface area (Å²) in [5.74, 6) is -0.422. The number of oxazole rings is 1. The summed E-state index contributed by atoms with van der Waals surface area (Å²) in [6.45, 7) is 4.34. The van der Waals surface area contributed by atoms with E-state index in [1.807, 2.05) is 44.2 Å². The van der Waals surface area contributed by atoms with Crippen LogP contribution in [0.4, 0.5) is 0 Å². The minimum absolute atomic E-state index is 0.0783. The molecule has 0 unspecified atom stereocenters. The van der Waals surface area contributed by atoms with E-state index in [1.165, 1.54) is 12.3 Å². The van der Waals surface area contributed by atoms with Gasteiger partial charge in [0.1, 0.15) is 5.71 Å². The minimum atomic E-state index is -0.524. The lowest BCUT2D eigenvalue weighted by molar-refractivity contribution is -0.114. The van der Waals surface area contributed by atoms with Crippen LogP contribution < -0.4 is 16.4 Å². The van der Waals surface area contributed by atoms with E-state index in [2.05, 4.69) is 15.6 Å². The van der Waals surface area contributed by atoms with Gasteiger partial charge in [-0.05, 0) is 42.2 Å². The third kappa shape index (κ3) is 6.41. The number of nitrogens with zero attached hydrogens (tertiary/aromatic N) is 1. The van der Waals surface area contributed by atoms with Gasteiger partial charge in [0.15, 0.2) is 0 Å². The van der Waals surface area contributed by atoms with Crippen LogP contribution in [0.25, 0.3) is 17.2 Å². The number of nitrogens with one attached hydrogen (secondary N) is 3. The summed E-state index contributed by atoms with van der Waals surface area (Å²) in [4.78, 5) is 28.9. The van der Waals surface area contributed by atoms with Gasteiger partial charge in [-0.2, -0.15) is 0 Å². The summed E-state index contributed by atoms with van der Waals surface area (Å²) in [5, 5.41) is 13.7. The van der Waals surface area contributed by atoms with E-state index in [1.54, 1.807) is 24.3 Å². The van der Waals surface area contributed by atoms with Gasteiger partial charge >= 0.3 is 0 Å². The first kappa shape index (κ1) is 24.4. The van der Waals surface area contributed by atoms with Crippen LogP contribution in [0, 0.1) is 5.41 Å². The number of carbonyl (C=O) groups is 2. The first-order valence-corrected chi connectivity index (χ1v) is 11.2. The van der Waals surface area contributed by atoms with Gasteiger partial charge in [0.05, 0.1) is 6.20 Å². The normalized spacial score (nSPS) is 11.3. The third-order valence-electron chi connectivity index (χ3n) is 5.33. The molecule has 0 fully saturated rings. The lowest BCUT2D eigenvalue weighted by atomic mass is 10.1. The van der Waals surface area contributed by atoms with Crippen LogP contribution in [0.15, 0.2) is 71.3 Å². The Morgan fingerprint density at radius 3 is 2.56 bits per heavy atom. The summed E-state index contributed by atoms with van der Waals surface area (Å²) in [6, 6.07) is 16.6. The lowest BCUT2D eigenvalue weighted by Crippen LogP contribution is -2.33. The third-order valence-corrected chi connectivity index (χ3v) is 5.33. The van der Waals surface area contributed by atoms with Crippen molar-refractivity contribution < 1.29 is 14.0 Å². The monoisotopic (exact) mass is 459 g/mol. The van der Waals surface area contributed by atoms with Crippen molar-refractivity contribution in [3.05, 3.63) is 83.8 Å². The number of aromatic nitrogens is 1. The molecule has 3 aromatic rings. The predicted octanol–water partition coefficient (Wildman–Crippen LogP) is 3.90. The fraction of sp³-hybridized carbons (Fsp3) is 0.231.